The molecule has 1 saturated heterocycles. The first-order valence-corrected chi connectivity index (χ1v) is 7.59. The number of amides is 2. The number of rotatable bonds is 4. The molecule has 116 valence electrons. The highest BCUT2D eigenvalue weighted by Crippen LogP contribution is 2.18. The number of hydrogen-bond acceptors (Lipinski definition) is 3. The van der Waals surface area contributed by atoms with Gasteiger partial charge in [-0.05, 0) is 13.8 Å². The van der Waals surface area contributed by atoms with Gasteiger partial charge in [-0.3, -0.25) is 14.5 Å². The quantitative estimate of drug-likeness (QED) is 0.774. The number of likely N-dealkylation sites (N-methyl/N-ethyl adjacent to an activating group) is 1. The average Bonchev–Trinajstić information content (AvgIpc) is 2.39. The Labute approximate surface area is 122 Å². The molecule has 20 heavy (non-hydrogen) atoms. The van der Waals surface area contributed by atoms with Gasteiger partial charge in [-0.2, -0.15) is 0 Å². The second-order valence-corrected chi connectivity index (χ2v) is 6.38. The molecule has 0 bridgehead atoms. The Bertz CT molecular complexity index is 338. The van der Waals surface area contributed by atoms with Crippen LogP contribution in [-0.4, -0.2) is 72.3 Å². The lowest BCUT2D eigenvalue weighted by molar-refractivity contribution is -0.141. The molecule has 1 aliphatic heterocycles. The van der Waals surface area contributed by atoms with Gasteiger partial charge in [0.25, 0.3) is 0 Å². The van der Waals surface area contributed by atoms with Crippen LogP contribution in [0.1, 0.15) is 34.6 Å². The SMILES string of the molecule is CCN(CC)C(=O)CN1CCN(C(=O)C(C)(C)C)CC1. The minimum Gasteiger partial charge on any atom is -0.342 e. The Morgan fingerprint density at radius 3 is 1.90 bits per heavy atom. The van der Waals surface area contributed by atoms with Gasteiger partial charge in [0.05, 0.1) is 6.54 Å². The second kappa shape index (κ2) is 7.07. The summed E-state index contributed by atoms with van der Waals surface area (Å²) in [5, 5.41) is 0. The number of carbonyl (C=O) groups excluding carboxylic acids is 2. The summed E-state index contributed by atoms with van der Waals surface area (Å²) in [7, 11) is 0. The van der Waals surface area contributed by atoms with Crippen molar-refractivity contribution in [1.29, 1.82) is 0 Å². The van der Waals surface area contributed by atoms with Crippen LogP contribution >= 0.6 is 0 Å². The van der Waals surface area contributed by atoms with E-state index in [-0.39, 0.29) is 17.2 Å². The Balaban J connectivity index is 2.43. The Morgan fingerprint density at radius 1 is 1.00 bits per heavy atom. The molecule has 0 aromatic rings. The van der Waals surface area contributed by atoms with Crippen LogP contribution in [0.5, 0.6) is 0 Å². The molecular weight excluding hydrogens is 254 g/mol. The molecule has 0 aromatic carbocycles. The van der Waals surface area contributed by atoms with Crippen LogP contribution in [0.25, 0.3) is 0 Å². The lowest BCUT2D eigenvalue weighted by Crippen LogP contribution is -2.53. The fourth-order valence-electron chi connectivity index (χ4n) is 2.45. The second-order valence-electron chi connectivity index (χ2n) is 6.38. The van der Waals surface area contributed by atoms with Crippen LogP contribution in [0.4, 0.5) is 0 Å². The standard InChI is InChI=1S/C15H29N3O2/c1-6-17(7-2)13(19)12-16-8-10-18(11-9-16)14(20)15(3,4)5/h6-12H2,1-5H3. The lowest BCUT2D eigenvalue weighted by Gasteiger charge is -2.37. The third-order valence-corrected chi connectivity index (χ3v) is 3.78. The minimum atomic E-state index is -0.320. The van der Waals surface area contributed by atoms with Crippen molar-refractivity contribution in [3.05, 3.63) is 0 Å². The van der Waals surface area contributed by atoms with Gasteiger partial charge in [0, 0.05) is 44.7 Å². The zero-order valence-electron chi connectivity index (χ0n) is 13.6. The highest BCUT2D eigenvalue weighted by atomic mass is 16.2. The molecule has 1 heterocycles. The first-order chi connectivity index (χ1) is 9.29. The van der Waals surface area contributed by atoms with Crippen molar-refractivity contribution in [2.24, 2.45) is 5.41 Å². The number of carbonyl (C=O) groups is 2. The molecule has 0 aliphatic carbocycles. The molecule has 0 radical (unpaired) electrons. The Hall–Kier alpha value is -1.10. The van der Waals surface area contributed by atoms with E-state index < -0.39 is 0 Å². The molecule has 5 nitrogen and oxygen atoms in total. The van der Waals surface area contributed by atoms with Crippen LogP contribution in [0.3, 0.4) is 0 Å². The molecule has 0 spiro atoms. The van der Waals surface area contributed by atoms with E-state index in [1.807, 2.05) is 44.4 Å². The molecule has 0 atom stereocenters. The predicted molar refractivity (Wildman–Crippen MR) is 80.4 cm³/mol. The van der Waals surface area contributed by atoms with Gasteiger partial charge in [-0.1, -0.05) is 20.8 Å². The lowest BCUT2D eigenvalue weighted by atomic mass is 9.94. The molecule has 0 aromatic heterocycles. The van der Waals surface area contributed by atoms with Crippen molar-refractivity contribution in [2.45, 2.75) is 34.6 Å². The third-order valence-electron chi connectivity index (χ3n) is 3.78. The van der Waals surface area contributed by atoms with Crippen molar-refractivity contribution in [3.63, 3.8) is 0 Å². The summed E-state index contributed by atoms with van der Waals surface area (Å²) in [6, 6.07) is 0. The molecule has 0 saturated carbocycles. The van der Waals surface area contributed by atoms with E-state index in [9.17, 15) is 9.59 Å². The molecule has 1 fully saturated rings. The van der Waals surface area contributed by atoms with Crippen LogP contribution < -0.4 is 0 Å². The number of piperazine rings is 1. The first-order valence-electron chi connectivity index (χ1n) is 7.59. The van der Waals surface area contributed by atoms with Crippen LogP contribution in [-0.2, 0) is 9.59 Å². The summed E-state index contributed by atoms with van der Waals surface area (Å²) in [5.41, 5.74) is -0.320. The monoisotopic (exact) mass is 283 g/mol. The summed E-state index contributed by atoms with van der Waals surface area (Å²) in [4.78, 5) is 30.1. The molecule has 0 N–H and O–H groups in total. The smallest absolute Gasteiger partial charge is 0.236 e. The van der Waals surface area contributed by atoms with Gasteiger partial charge < -0.3 is 9.80 Å². The highest BCUT2D eigenvalue weighted by Gasteiger charge is 2.30. The molecule has 5 heteroatoms. The van der Waals surface area contributed by atoms with Gasteiger partial charge in [0.15, 0.2) is 0 Å². The van der Waals surface area contributed by atoms with Crippen molar-refractivity contribution >= 4 is 11.8 Å². The van der Waals surface area contributed by atoms with Gasteiger partial charge in [-0.25, -0.2) is 0 Å². The topological polar surface area (TPSA) is 43.9 Å². The largest absolute Gasteiger partial charge is 0.342 e. The third kappa shape index (κ3) is 4.47. The summed E-state index contributed by atoms with van der Waals surface area (Å²) >= 11 is 0. The maximum Gasteiger partial charge on any atom is 0.236 e. The summed E-state index contributed by atoms with van der Waals surface area (Å²) < 4.78 is 0. The zero-order valence-corrected chi connectivity index (χ0v) is 13.6. The highest BCUT2D eigenvalue weighted by molar-refractivity contribution is 5.81. The normalized spacial score (nSPS) is 17.1. The van der Waals surface area contributed by atoms with Crippen molar-refractivity contribution in [3.8, 4) is 0 Å². The maximum atomic E-state index is 12.2. The molecule has 2 amide bonds. The van der Waals surface area contributed by atoms with Crippen molar-refractivity contribution in [2.75, 3.05) is 45.8 Å². The average molecular weight is 283 g/mol. The van der Waals surface area contributed by atoms with Gasteiger partial charge in [-0.15, -0.1) is 0 Å². The summed E-state index contributed by atoms with van der Waals surface area (Å²) in [5.74, 6) is 0.387. The first kappa shape index (κ1) is 17.0. The van der Waals surface area contributed by atoms with Crippen molar-refractivity contribution in [1.82, 2.24) is 14.7 Å². The Kier molecular flexibility index (Phi) is 5.99. The fraction of sp³-hybridized carbons (Fsp3) is 0.867. The van der Waals surface area contributed by atoms with Crippen LogP contribution in [0.15, 0.2) is 0 Å². The molecule has 0 unspecified atom stereocenters. The zero-order chi connectivity index (χ0) is 15.3. The van der Waals surface area contributed by atoms with Gasteiger partial charge >= 0.3 is 0 Å². The van der Waals surface area contributed by atoms with E-state index in [4.69, 9.17) is 0 Å². The van der Waals surface area contributed by atoms with Gasteiger partial charge in [0.2, 0.25) is 11.8 Å². The summed E-state index contributed by atoms with van der Waals surface area (Å²) in [6.07, 6.45) is 0. The Morgan fingerprint density at radius 2 is 1.50 bits per heavy atom. The van der Waals surface area contributed by atoms with E-state index in [1.54, 1.807) is 0 Å². The van der Waals surface area contributed by atoms with Crippen molar-refractivity contribution < 1.29 is 9.59 Å². The molecular formula is C15H29N3O2. The predicted octanol–water partition coefficient (Wildman–Crippen LogP) is 1.05. The van der Waals surface area contributed by atoms with E-state index in [2.05, 4.69) is 4.90 Å². The summed E-state index contributed by atoms with van der Waals surface area (Å²) in [6.45, 7) is 14.9. The van der Waals surface area contributed by atoms with Crippen LogP contribution in [0, 0.1) is 5.41 Å². The van der Waals surface area contributed by atoms with E-state index in [1.165, 1.54) is 0 Å². The maximum absolute atomic E-state index is 12.2. The van der Waals surface area contributed by atoms with E-state index in [0.717, 1.165) is 39.3 Å². The number of nitrogens with zero attached hydrogens (tertiary/aromatic N) is 3. The van der Waals surface area contributed by atoms with Crippen LogP contribution in [0.2, 0.25) is 0 Å². The fourth-order valence-corrected chi connectivity index (χ4v) is 2.45. The molecule has 1 aliphatic rings. The van der Waals surface area contributed by atoms with Gasteiger partial charge in [0.1, 0.15) is 0 Å². The minimum absolute atomic E-state index is 0.186. The number of hydrogen-bond donors (Lipinski definition) is 0. The van der Waals surface area contributed by atoms with E-state index >= 15 is 0 Å². The van der Waals surface area contributed by atoms with E-state index in [0.29, 0.717) is 6.54 Å². The molecule has 1 rings (SSSR count).